The van der Waals surface area contributed by atoms with Crippen LogP contribution in [0, 0.1) is 5.82 Å². The standard InChI is InChI=1S/C13H8Br2FN3/c14-9-4-3-7(16)6-8(9)11-12(17)19-5-1-2-10(15)13(19)18-11/h1-6H,17H2. The predicted molar refractivity (Wildman–Crippen MR) is 80.4 cm³/mol. The normalized spacial score (nSPS) is 11.1. The van der Waals surface area contributed by atoms with E-state index in [1.807, 2.05) is 18.3 Å². The van der Waals surface area contributed by atoms with Crippen LogP contribution >= 0.6 is 31.9 Å². The Kier molecular flexibility index (Phi) is 3.06. The highest BCUT2D eigenvalue weighted by Gasteiger charge is 2.15. The second kappa shape index (κ2) is 4.61. The van der Waals surface area contributed by atoms with E-state index in [9.17, 15) is 4.39 Å². The zero-order valence-corrected chi connectivity index (χ0v) is 12.7. The van der Waals surface area contributed by atoms with Gasteiger partial charge >= 0.3 is 0 Å². The number of pyridine rings is 1. The molecule has 0 saturated carbocycles. The molecule has 0 fully saturated rings. The lowest BCUT2D eigenvalue weighted by Gasteiger charge is -2.02. The van der Waals surface area contributed by atoms with Gasteiger partial charge in [-0.1, -0.05) is 15.9 Å². The van der Waals surface area contributed by atoms with E-state index in [1.165, 1.54) is 12.1 Å². The maximum atomic E-state index is 13.4. The van der Waals surface area contributed by atoms with Crippen LogP contribution in [0.1, 0.15) is 0 Å². The molecule has 3 aromatic rings. The molecule has 0 aliphatic rings. The number of nitrogen functional groups attached to an aromatic ring is 1. The smallest absolute Gasteiger partial charge is 0.153 e. The quantitative estimate of drug-likeness (QED) is 0.681. The molecule has 0 spiro atoms. The second-order valence-electron chi connectivity index (χ2n) is 4.02. The fourth-order valence-electron chi connectivity index (χ4n) is 1.93. The number of imidazole rings is 1. The van der Waals surface area contributed by atoms with Gasteiger partial charge in [0.25, 0.3) is 0 Å². The first-order valence-corrected chi connectivity index (χ1v) is 7.04. The summed E-state index contributed by atoms with van der Waals surface area (Å²) in [5.74, 6) is 0.149. The van der Waals surface area contributed by atoms with E-state index in [0.29, 0.717) is 22.7 Å². The first-order valence-electron chi connectivity index (χ1n) is 5.45. The van der Waals surface area contributed by atoms with Gasteiger partial charge in [0.15, 0.2) is 5.65 Å². The first kappa shape index (κ1) is 12.6. The minimum absolute atomic E-state index is 0.325. The van der Waals surface area contributed by atoms with Crippen molar-refractivity contribution in [2.75, 3.05) is 5.73 Å². The number of rotatable bonds is 1. The Morgan fingerprint density at radius 2 is 1.95 bits per heavy atom. The van der Waals surface area contributed by atoms with Gasteiger partial charge in [-0.15, -0.1) is 0 Å². The fourth-order valence-corrected chi connectivity index (χ4v) is 2.80. The maximum Gasteiger partial charge on any atom is 0.153 e. The van der Waals surface area contributed by atoms with Crippen molar-refractivity contribution >= 4 is 43.3 Å². The van der Waals surface area contributed by atoms with Crippen LogP contribution in [-0.2, 0) is 0 Å². The third-order valence-electron chi connectivity index (χ3n) is 2.82. The number of hydrogen-bond donors (Lipinski definition) is 1. The highest BCUT2D eigenvalue weighted by Crippen LogP contribution is 2.34. The Labute approximate surface area is 125 Å². The summed E-state index contributed by atoms with van der Waals surface area (Å²) >= 11 is 6.82. The zero-order valence-electron chi connectivity index (χ0n) is 9.57. The molecule has 0 amide bonds. The van der Waals surface area contributed by atoms with E-state index < -0.39 is 0 Å². The van der Waals surface area contributed by atoms with Gasteiger partial charge < -0.3 is 5.73 Å². The minimum atomic E-state index is -0.325. The molecular formula is C13H8Br2FN3. The monoisotopic (exact) mass is 383 g/mol. The van der Waals surface area contributed by atoms with Gasteiger partial charge in [-0.05, 0) is 46.3 Å². The number of halogens is 3. The number of nitrogens with two attached hydrogens (primary N) is 1. The van der Waals surface area contributed by atoms with Crippen LogP contribution in [0.15, 0.2) is 45.5 Å². The summed E-state index contributed by atoms with van der Waals surface area (Å²) in [6, 6.07) is 8.18. The van der Waals surface area contributed by atoms with Crippen molar-refractivity contribution in [1.29, 1.82) is 0 Å². The van der Waals surface area contributed by atoms with Crippen molar-refractivity contribution in [3.8, 4) is 11.3 Å². The van der Waals surface area contributed by atoms with E-state index in [-0.39, 0.29) is 5.82 Å². The van der Waals surface area contributed by atoms with Gasteiger partial charge in [0, 0.05) is 16.2 Å². The predicted octanol–water partition coefficient (Wildman–Crippen LogP) is 4.25. The third-order valence-corrected chi connectivity index (χ3v) is 4.13. The lowest BCUT2D eigenvalue weighted by molar-refractivity contribution is 0.628. The Morgan fingerprint density at radius 3 is 2.68 bits per heavy atom. The van der Waals surface area contributed by atoms with Crippen LogP contribution in [0.2, 0.25) is 0 Å². The van der Waals surface area contributed by atoms with E-state index in [4.69, 9.17) is 5.73 Å². The van der Waals surface area contributed by atoms with Crippen LogP contribution in [-0.4, -0.2) is 9.38 Å². The maximum absolute atomic E-state index is 13.4. The van der Waals surface area contributed by atoms with Crippen molar-refractivity contribution in [3.05, 3.63) is 51.3 Å². The average molecular weight is 385 g/mol. The molecule has 2 aromatic heterocycles. The molecule has 96 valence electrons. The molecule has 19 heavy (non-hydrogen) atoms. The molecule has 3 rings (SSSR count). The van der Waals surface area contributed by atoms with Gasteiger partial charge in [0.05, 0.1) is 4.47 Å². The number of aromatic nitrogens is 2. The molecular weight excluding hydrogens is 377 g/mol. The summed E-state index contributed by atoms with van der Waals surface area (Å²) in [5.41, 5.74) is 7.98. The molecule has 0 saturated heterocycles. The largest absolute Gasteiger partial charge is 0.383 e. The summed E-state index contributed by atoms with van der Waals surface area (Å²) in [5, 5.41) is 0. The molecule has 0 aliphatic heterocycles. The number of anilines is 1. The Morgan fingerprint density at radius 1 is 1.16 bits per heavy atom. The Hall–Kier alpha value is -1.40. The number of hydrogen-bond acceptors (Lipinski definition) is 2. The van der Waals surface area contributed by atoms with Crippen molar-refractivity contribution < 1.29 is 4.39 Å². The van der Waals surface area contributed by atoms with Gasteiger partial charge in [-0.25, -0.2) is 9.37 Å². The van der Waals surface area contributed by atoms with Gasteiger partial charge in [-0.2, -0.15) is 0 Å². The van der Waals surface area contributed by atoms with Crippen LogP contribution in [0.4, 0.5) is 10.2 Å². The summed E-state index contributed by atoms with van der Waals surface area (Å²) in [6.45, 7) is 0. The number of fused-ring (bicyclic) bond motifs is 1. The van der Waals surface area contributed by atoms with Crippen LogP contribution in [0.3, 0.4) is 0 Å². The Bertz CT molecular complexity index is 783. The summed E-state index contributed by atoms with van der Waals surface area (Å²) in [4.78, 5) is 4.48. The molecule has 0 radical (unpaired) electrons. The molecule has 2 heterocycles. The molecule has 1 aromatic carbocycles. The van der Waals surface area contributed by atoms with Gasteiger partial charge in [-0.3, -0.25) is 4.40 Å². The van der Waals surface area contributed by atoms with Gasteiger partial charge in [0.1, 0.15) is 17.3 Å². The number of nitrogens with zero attached hydrogens (tertiary/aromatic N) is 2. The molecule has 0 bridgehead atoms. The Balaban J connectivity index is 2.34. The highest BCUT2D eigenvalue weighted by molar-refractivity contribution is 9.11. The van der Waals surface area contributed by atoms with Crippen molar-refractivity contribution in [3.63, 3.8) is 0 Å². The molecule has 0 atom stereocenters. The van der Waals surface area contributed by atoms with Crippen molar-refractivity contribution in [2.24, 2.45) is 0 Å². The highest BCUT2D eigenvalue weighted by atomic mass is 79.9. The molecule has 0 aliphatic carbocycles. The lowest BCUT2D eigenvalue weighted by atomic mass is 10.1. The van der Waals surface area contributed by atoms with Crippen LogP contribution in [0.5, 0.6) is 0 Å². The average Bonchev–Trinajstić information content (AvgIpc) is 2.72. The molecule has 2 N–H and O–H groups in total. The third kappa shape index (κ3) is 2.04. The summed E-state index contributed by atoms with van der Waals surface area (Å²) in [7, 11) is 0. The van der Waals surface area contributed by atoms with E-state index in [1.54, 1.807) is 10.5 Å². The van der Waals surface area contributed by atoms with E-state index in [2.05, 4.69) is 36.8 Å². The van der Waals surface area contributed by atoms with Gasteiger partial charge in [0.2, 0.25) is 0 Å². The first-order chi connectivity index (χ1) is 9.08. The van der Waals surface area contributed by atoms with Crippen LogP contribution < -0.4 is 5.73 Å². The minimum Gasteiger partial charge on any atom is -0.383 e. The fraction of sp³-hybridized carbons (Fsp3) is 0. The SMILES string of the molecule is Nc1c(-c2cc(F)ccc2Br)nc2c(Br)cccn12. The van der Waals surface area contributed by atoms with Crippen molar-refractivity contribution in [1.82, 2.24) is 9.38 Å². The lowest BCUT2D eigenvalue weighted by Crippen LogP contribution is -1.94. The van der Waals surface area contributed by atoms with Crippen molar-refractivity contribution in [2.45, 2.75) is 0 Å². The number of benzene rings is 1. The second-order valence-corrected chi connectivity index (χ2v) is 5.73. The summed E-state index contributed by atoms with van der Waals surface area (Å²) < 4.78 is 16.7. The van der Waals surface area contributed by atoms with E-state index >= 15 is 0 Å². The topological polar surface area (TPSA) is 43.3 Å². The molecule has 0 unspecified atom stereocenters. The summed E-state index contributed by atoms with van der Waals surface area (Å²) in [6.07, 6.45) is 1.82. The van der Waals surface area contributed by atoms with Crippen LogP contribution in [0.25, 0.3) is 16.9 Å². The molecule has 3 nitrogen and oxygen atoms in total. The molecule has 6 heteroatoms. The zero-order chi connectivity index (χ0) is 13.6. The van der Waals surface area contributed by atoms with E-state index in [0.717, 1.165) is 8.95 Å².